The van der Waals surface area contributed by atoms with E-state index in [1.807, 2.05) is 68.4 Å². The molecule has 1 unspecified atom stereocenters. The molecular weight excluding hydrogens is 312 g/mol. The predicted molar refractivity (Wildman–Crippen MR) is 100 cm³/mol. The quantitative estimate of drug-likeness (QED) is 0.842. The van der Waals surface area contributed by atoms with Crippen molar-refractivity contribution in [1.82, 2.24) is 10.2 Å². The minimum absolute atomic E-state index is 0.00417. The third kappa shape index (κ3) is 5.45. The van der Waals surface area contributed by atoms with Gasteiger partial charge in [-0.2, -0.15) is 0 Å². The maximum atomic E-state index is 12.1. The van der Waals surface area contributed by atoms with Crippen LogP contribution in [0.5, 0.6) is 0 Å². The first kappa shape index (κ1) is 18.7. The second-order valence-corrected chi connectivity index (χ2v) is 6.25. The molecule has 4 heteroatoms. The molecule has 0 aliphatic rings. The number of hydrogen-bond donors (Lipinski definition) is 1. The van der Waals surface area contributed by atoms with E-state index < -0.39 is 0 Å². The molecule has 2 rings (SSSR count). The van der Waals surface area contributed by atoms with Gasteiger partial charge in [0.15, 0.2) is 0 Å². The van der Waals surface area contributed by atoms with Gasteiger partial charge in [-0.3, -0.25) is 9.59 Å². The fourth-order valence-electron chi connectivity index (χ4n) is 2.89. The number of nitrogens with one attached hydrogen (secondary N) is 1. The summed E-state index contributed by atoms with van der Waals surface area (Å²) in [5, 5.41) is 2.92. The molecule has 25 heavy (non-hydrogen) atoms. The zero-order valence-corrected chi connectivity index (χ0v) is 15.2. The van der Waals surface area contributed by atoms with Gasteiger partial charge in [-0.15, -0.1) is 0 Å². The highest BCUT2D eigenvalue weighted by molar-refractivity contribution is 5.79. The summed E-state index contributed by atoms with van der Waals surface area (Å²) >= 11 is 0. The van der Waals surface area contributed by atoms with Gasteiger partial charge in [0.05, 0.1) is 12.5 Å². The number of aryl methyl sites for hydroxylation is 1. The van der Waals surface area contributed by atoms with Gasteiger partial charge >= 0.3 is 0 Å². The largest absolute Gasteiger partial charge is 0.354 e. The number of hydrogen-bond acceptors (Lipinski definition) is 2. The lowest BCUT2D eigenvalue weighted by atomic mass is 10.1. The highest BCUT2D eigenvalue weighted by Gasteiger charge is 2.18. The lowest BCUT2D eigenvalue weighted by Crippen LogP contribution is -2.39. The first-order valence-corrected chi connectivity index (χ1v) is 8.62. The first-order chi connectivity index (χ1) is 12.0. The van der Waals surface area contributed by atoms with Crippen LogP contribution in [-0.2, 0) is 16.0 Å². The van der Waals surface area contributed by atoms with Crippen LogP contribution in [0.1, 0.15) is 36.6 Å². The standard InChI is InChI=1S/C21H26N2O2/c1-16-9-7-8-12-20(16)15-21(25)22-13-14-23(18(3)24)17(2)19-10-5-4-6-11-19/h4-12,17H,13-15H2,1-3H3,(H,22,25). The lowest BCUT2D eigenvalue weighted by molar-refractivity contribution is -0.131. The van der Waals surface area contributed by atoms with Crippen LogP contribution < -0.4 is 5.32 Å². The van der Waals surface area contributed by atoms with E-state index in [9.17, 15) is 9.59 Å². The maximum absolute atomic E-state index is 12.1. The molecule has 132 valence electrons. The smallest absolute Gasteiger partial charge is 0.224 e. The highest BCUT2D eigenvalue weighted by atomic mass is 16.2. The summed E-state index contributed by atoms with van der Waals surface area (Å²) in [6.07, 6.45) is 0.362. The maximum Gasteiger partial charge on any atom is 0.224 e. The molecule has 2 amide bonds. The molecule has 1 N–H and O–H groups in total. The van der Waals surface area contributed by atoms with Crippen molar-refractivity contribution in [3.63, 3.8) is 0 Å². The van der Waals surface area contributed by atoms with E-state index in [1.165, 1.54) is 0 Å². The Labute approximate surface area is 149 Å². The Morgan fingerprint density at radius 3 is 2.32 bits per heavy atom. The molecule has 0 saturated carbocycles. The number of amides is 2. The first-order valence-electron chi connectivity index (χ1n) is 8.62. The van der Waals surface area contributed by atoms with Crippen LogP contribution in [0.15, 0.2) is 54.6 Å². The molecule has 0 aliphatic heterocycles. The van der Waals surface area contributed by atoms with Crippen LogP contribution in [-0.4, -0.2) is 29.8 Å². The molecule has 2 aromatic carbocycles. The van der Waals surface area contributed by atoms with Crippen LogP contribution in [0.3, 0.4) is 0 Å². The van der Waals surface area contributed by atoms with E-state index in [0.717, 1.165) is 16.7 Å². The molecule has 0 fully saturated rings. The molecule has 0 aromatic heterocycles. The van der Waals surface area contributed by atoms with Crippen LogP contribution in [0.25, 0.3) is 0 Å². The minimum Gasteiger partial charge on any atom is -0.354 e. The predicted octanol–water partition coefficient (Wildman–Crippen LogP) is 3.26. The fraction of sp³-hybridized carbons (Fsp3) is 0.333. The van der Waals surface area contributed by atoms with Crippen molar-refractivity contribution in [2.45, 2.75) is 33.2 Å². The van der Waals surface area contributed by atoms with E-state index in [-0.39, 0.29) is 17.9 Å². The number of nitrogens with zero attached hydrogens (tertiary/aromatic N) is 1. The number of benzene rings is 2. The molecule has 0 radical (unpaired) electrons. The summed E-state index contributed by atoms with van der Waals surface area (Å²) in [5.41, 5.74) is 3.23. The third-order valence-electron chi connectivity index (χ3n) is 4.44. The number of carbonyl (C=O) groups excluding carboxylic acids is 2. The van der Waals surface area contributed by atoms with Crippen LogP contribution in [0.2, 0.25) is 0 Å². The van der Waals surface area contributed by atoms with Crippen molar-refractivity contribution in [2.24, 2.45) is 0 Å². The number of carbonyl (C=O) groups is 2. The van der Waals surface area contributed by atoms with Gasteiger partial charge in [0.2, 0.25) is 11.8 Å². The van der Waals surface area contributed by atoms with Gasteiger partial charge in [0, 0.05) is 20.0 Å². The Bertz CT molecular complexity index is 713. The number of rotatable bonds is 7. The van der Waals surface area contributed by atoms with E-state index >= 15 is 0 Å². The summed E-state index contributed by atoms with van der Waals surface area (Å²) in [6.45, 7) is 6.51. The van der Waals surface area contributed by atoms with E-state index in [1.54, 1.807) is 11.8 Å². The van der Waals surface area contributed by atoms with Gasteiger partial charge in [0.1, 0.15) is 0 Å². The van der Waals surface area contributed by atoms with E-state index in [2.05, 4.69) is 5.32 Å². The van der Waals surface area contributed by atoms with E-state index in [4.69, 9.17) is 0 Å². The molecule has 1 atom stereocenters. The second-order valence-electron chi connectivity index (χ2n) is 6.25. The summed E-state index contributed by atoms with van der Waals surface area (Å²) in [6, 6.07) is 17.8. The average molecular weight is 338 g/mol. The Morgan fingerprint density at radius 1 is 1.04 bits per heavy atom. The summed E-state index contributed by atoms with van der Waals surface area (Å²) in [7, 11) is 0. The topological polar surface area (TPSA) is 49.4 Å². The normalized spacial score (nSPS) is 11.6. The average Bonchev–Trinajstić information content (AvgIpc) is 2.60. The van der Waals surface area contributed by atoms with Crippen molar-refractivity contribution < 1.29 is 9.59 Å². The molecule has 4 nitrogen and oxygen atoms in total. The molecule has 2 aromatic rings. The van der Waals surface area contributed by atoms with Gasteiger partial charge in [0.25, 0.3) is 0 Å². The summed E-state index contributed by atoms with van der Waals surface area (Å²) in [5.74, 6) is -0.0188. The zero-order chi connectivity index (χ0) is 18.2. The van der Waals surface area contributed by atoms with Crippen molar-refractivity contribution in [2.75, 3.05) is 13.1 Å². The van der Waals surface area contributed by atoms with Gasteiger partial charge in [-0.05, 0) is 30.5 Å². The molecular formula is C21H26N2O2. The van der Waals surface area contributed by atoms with Crippen molar-refractivity contribution >= 4 is 11.8 Å². The molecule has 0 spiro atoms. The lowest BCUT2D eigenvalue weighted by Gasteiger charge is -2.28. The van der Waals surface area contributed by atoms with Gasteiger partial charge < -0.3 is 10.2 Å². The van der Waals surface area contributed by atoms with Crippen molar-refractivity contribution in [3.05, 3.63) is 71.3 Å². The van der Waals surface area contributed by atoms with Gasteiger partial charge in [-0.1, -0.05) is 54.6 Å². The SMILES string of the molecule is CC(=O)N(CCNC(=O)Cc1ccccc1C)C(C)c1ccccc1. The highest BCUT2D eigenvalue weighted by Crippen LogP contribution is 2.19. The Morgan fingerprint density at radius 2 is 1.68 bits per heavy atom. The van der Waals surface area contributed by atoms with Gasteiger partial charge in [-0.25, -0.2) is 0 Å². The summed E-state index contributed by atoms with van der Waals surface area (Å²) < 4.78 is 0. The third-order valence-corrected chi connectivity index (χ3v) is 4.44. The fourth-order valence-corrected chi connectivity index (χ4v) is 2.89. The Hall–Kier alpha value is -2.62. The second kappa shape index (κ2) is 9.02. The Kier molecular flexibility index (Phi) is 6.75. The minimum atomic E-state index is -0.0230. The molecule has 0 bridgehead atoms. The molecule has 0 saturated heterocycles. The van der Waals surface area contributed by atoms with Crippen LogP contribution in [0, 0.1) is 6.92 Å². The van der Waals surface area contributed by atoms with Crippen LogP contribution >= 0.6 is 0 Å². The molecule has 0 aliphatic carbocycles. The monoisotopic (exact) mass is 338 g/mol. The summed E-state index contributed by atoms with van der Waals surface area (Å²) in [4.78, 5) is 25.9. The van der Waals surface area contributed by atoms with Crippen LogP contribution in [0.4, 0.5) is 0 Å². The van der Waals surface area contributed by atoms with Crippen molar-refractivity contribution in [3.8, 4) is 0 Å². The zero-order valence-electron chi connectivity index (χ0n) is 15.2. The Balaban J connectivity index is 1.88. The van der Waals surface area contributed by atoms with Crippen molar-refractivity contribution in [1.29, 1.82) is 0 Å². The molecule has 0 heterocycles. The van der Waals surface area contributed by atoms with E-state index in [0.29, 0.717) is 19.5 Å².